The molecule has 2 rings (SSSR count). The van der Waals surface area contributed by atoms with Crippen LogP contribution in [-0.2, 0) is 11.2 Å². The second kappa shape index (κ2) is 5.46. The third kappa shape index (κ3) is 3.30. The highest BCUT2D eigenvalue weighted by molar-refractivity contribution is 6.74. The van der Waals surface area contributed by atoms with Gasteiger partial charge in [0.1, 0.15) is 11.8 Å². The molecule has 0 saturated heterocycles. The molecular weight excluding hydrogens is 282 g/mol. The van der Waals surface area contributed by atoms with E-state index in [-0.39, 0.29) is 5.04 Å². The lowest BCUT2D eigenvalue weighted by Gasteiger charge is -2.37. The van der Waals surface area contributed by atoms with E-state index in [4.69, 9.17) is 4.43 Å². The summed E-state index contributed by atoms with van der Waals surface area (Å²) < 4.78 is 6.30. The maximum Gasteiger partial charge on any atom is 0.325 e. The molecule has 1 aliphatic rings. The summed E-state index contributed by atoms with van der Waals surface area (Å²) in [5.74, 6) is 0.0420. The molecule has 1 aliphatic heterocycles. The topological polar surface area (TPSA) is 58.6 Å². The van der Waals surface area contributed by atoms with E-state index in [9.17, 15) is 9.90 Å². The third-order valence-electron chi connectivity index (χ3n) is 4.59. The molecule has 2 N–H and O–H groups in total. The second-order valence-corrected chi connectivity index (χ2v) is 11.9. The first-order chi connectivity index (χ1) is 9.62. The number of carboxylic acid groups (broad SMARTS) is 1. The van der Waals surface area contributed by atoms with E-state index < -0.39 is 20.3 Å². The Morgan fingerprint density at radius 3 is 2.62 bits per heavy atom. The van der Waals surface area contributed by atoms with Gasteiger partial charge in [-0.15, -0.1) is 0 Å². The molecule has 116 valence electrons. The Balaban J connectivity index is 2.28. The van der Waals surface area contributed by atoms with Crippen LogP contribution in [0.3, 0.4) is 0 Å². The highest BCUT2D eigenvalue weighted by Gasteiger charge is 2.39. The summed E-state index contributed by atoms with van der Waals surface area (Å²) >= 11 is 0. The highest BCUT2D eigenvalue weighted by atomic mass is 28.4. The lowest BCUT2D eigenvalue weighted by molar-refractivity contribution is -0.139. The van der Waals surface area contributed by atoms with Gasteiger partial charge in [-0.25, -0.2) is 0 Å². The van der Waals surface area contributed by atoms with Gasteiger partial charge < -0.3 is 14.8 Å². The summed E-state index contributed by atoms with van der Waals surface area (Å²) in [6.07, 6.45) is 0.841. The number of hydrogen-bond donors (Lipinski definition) is 2. The Labute approximate surface area is 127 Å². The Hall–Kier alpha value is -1.33. The number of carboxylic acids is 1. The van der Waals surface area contributed by atoms with E-state index in [1.54, 1.807) is 0 Å². The fourth-order valence-electron chi connectivity index (χ4n) is 2.27. The molecule has 1 atom stereocenters. The number of benzene rings is 1. The maximum atomic E-state index is 11.3. The van der Waals surface area contributed by atoms with Gasteiger partial charge in [0.05, 0.1) is 0 Å². The van der Waals surface area contributed by atoms with Crippen molar-refractivity contribution in [2.75, 3.05) is 6.54 Å². The zero-order valence-electron chi connectivity index (χ0n) is 13.5. The molecule has 1 aromatic rings. The zero-order valence-corrected chi connectivity index (χ0v) is 14.5. The lowest BCUT2D eigenvalue weighted by Crippen LogP contribution is -2.44. The van der Waals surface area contributed by atoms with Gasteiger partial charge in [-0.3, -0.25) is 4.79 Å². The Kier molecular flexibility index (Phi) is 4.17. The number of carbonyl (C=O) groups is 1. The van der Waals surface area contributed by atoms with Crippen LogP contribution in [0.25, 0.3) is 0 Å². The van der Waals surface area contributed by atoms with Gasteiger partial charge in [-0.1, -0.05) is 26.8 Å². The van der Waals surface area contributed by atoms with Crippen molar-refractivity contribution < 1.29 is 14.3 Å². The number of hydrogen-bond acceptors (Lipinski definition) is 3. The van der Waals surface area contributed by atoms with E-state index in [1.165, 1.54) is 0 Å². The molecule has 0 fully saturated rings. The van der Waals surface area contributed by atoms with Crippen molar-refractivity contribution in [2.45, 2.75) is 51.4 Å². The standard InChI is InChI=1S/C16H25NO3Si/c1-16(2,3)21(4,5)20-12-6-7-13-11(10-12)8-9-17-14(13)15(18)19/h6-7,10,14,17H,8-9H2,1-5H3,(H,18,19). The summed E-state index contributed by atoms with van der Waals surface area (Å²) in [5, 5.41) is 12.4. The Bertz CT molecular complexity index is 549. The molecule has 1 heterocycles. The number of nitrogens with one attached hydrogen (secondary N) is 1. The Morgan fingerprint density at radius 2 is 2.05 bits per heavy atom. The highest BCUT2D eigenvalue weighted by Crippen LogP contribution is 2.38. The van der Waals surface area contributed by atoms with Gasteiger partial charge in [-0.2, -0.15) is 0 Å². The smallest absolute Gasteiger partial charge is 0.325 e. The normalized spacial score (nSPS) is 19.0. The van der Waals surface area contributed by atoms with E-state index in [0.29, 0.717) is 6.54 Å². The minimum absolute atomic E-state index is 0.147. The first-order valence-electron chi connectivity index (χ1n) is 7.40. The number of aliphatic carboxylic acids is 1. The Morgan fingerprint density at radius 1 is 1.38 bits per heavy atom. The quantitative estimate of drug-likeness (QED) is 0.841. The molecule has 5 heteroatoms. The third-order valence-corrected chi connectivity index (χ3v) is 8.95. The lowest BCUT2D eigenvalue weighted by atomic mass is 9.94. The number of rotatable bonds is 3. The van der Waals surface area contributed by atoms with Crippen LogP contribution < -0.4 is 9.74 Å². The van der Waals surface area contributed by atoms with Crippen LogP contribution in [0.5, 0.6) is 5.75 Å². The molecule has 0 aliphatic carbocycles. The zero-order chi connectivity index (χ0) is 15.8. The molecular formula is C16H25NO3Si. The van der Waals surface area contributed by atoms with Gasteiger partial charge in [0, 0.05) is 6.54 Å². The predicted octanol–water partition coefficient (Wildman–Crippen LogP) is 3.34. The van der Waals surface area contributed by atoms with Crippen LogP contribution in [0.1, 0.15) is 37.9 Å². The van der Waals surface area contributed by atoms with Crippen molar-refractivity contribution in [1.82, 2.24) is 5.32 Å². The molecule has 0 amide bonds. The maximum absolute atomic E-state index is 11.3. The molecule has 0 aromatic heterocycles. The second-order valence-electron chi connectivity index (χ2n) is 7.20. The van der Waals surface area contributed by atoms with Crippen LogP contribution >= 0.6 is 0 Å². The minimum Gasteiger partial charge on any atom is -0.543 e. The van der Waals surface area contributed by atoms with Crippen molar-refractivity contribution in [2.24, 2.45) is 0 Å². The van der Waals surface area contributed by atoms with Gasteiger partial charge in [0.2, 0.25) is 8.32 Å². The molecule has 0 radical (unpaired) electrons. The van der Waals surface area contributed by atoms with Gasteiger partial charge in [0.25, 0.3) is 0 Å². The SMILES string of the molecule is CC(C)(C)[Si](C)(C)Oc1ccc2c(c1)CCNC2C(=O)O. The summed E-state index contributed by atoms with van der Waals surface area (Å²) in [6, 6.07) is 5.22. The van der Waals surface area contributed by atoms with Crippen LogP contribution in [0.15, 0.2) is 18.2 Å². The van der Waals surface area contributed by atoms with Gasteiger partial charge >= 0.3 is 5.97 Å². The molecule has 4 nitrogen and oxygen atoms in total. The minimum atomic E-state index is -1.86. The van der Waals surface area contributed by atoms with Crippen LogP contribution in [0, 0.1) is 0 Å². The van der Waals surface area contributed by atoms with E-state index in [2.05, 4.69) is 39.2 Å². The van der Waals surface area contributed by atoms with Crippen molar-refractivity contribution in [3.63, 3.8) is 0 Å². The van der Waals surface area contributed by atoms with E-state index in [0.717, 1.165) is 23.3 Å². The van der Waals surface area contributed by atoms with Gasteiger partial charge in [-0.05, 0) is 47.8 Å². The number of fused-ring (bicyclic) bond motifs is 1. The first-order valence-corrected chi connectivity index (χ1v) is 10.3. The average molecular weight is 307 g/mol. The molecule has 21 heavy (non-hydrogen) atoms. The first kappa shape index (κ1) is 16.0. The fourth-order valence-corrected chi connectivity index (χ4v) is 3.30. The van der Waals surface area contributed by atoms with Crippen molar-refractivity contribution >= 4 is 14.3 Å². The largest absolute Gasteiger partial charge is 0.543 e. The fraction of sp³-hybridized carbons (Fsp3) is 0.562. The van der Waals surface area contributed by atoms with E-state index >= 15 is 0 Å². The van der Waals surface area contributed by atoms with Gasteiger partial charge in [0.15, 0.2) is 0 Å². The van der Waals surface area contributed by atoms with Crippen LogP contribution in [-0.4, -0.2) is 25.9 Å². The van der Waals surface area contributed by atoms with Crippen molar-refractivity contribution in [3.05, 3.63) is 29.3 Å². The monoisotopic (exact) mass is 307 g/mol. The van der Waals surface area contributed by atoms with E-state index in [1.807, 2.05) is 18.2 Å². The molecule has 0 saturated carbocycles. The summed E-state index contributed by atoms with van der Waals surface area (Å²) in [5.41, 5.74) is 1.94. The molecule has 1 unspecified atom stereocenters. The summed E-state index contributed by atoms with van der Waals surface area (Å²) in [4.78, 5) is 11.3. The molecule has 0 spiro atoms. The van der Waals surface area contributed by atoms with Crippen molar-refractivity contribution in [3.8, 4) is 5.75 Å². The van der Waals surface area contributed by atoms with Crippen LogP contribution in [0.4, 0.5) is 0 Å². The summed E-state index contributed by atoms with van der Waals surface area (Å²) in [6.45, 7) is 11.8. The van der Waals surface area contributed by atoms with Crippen molar-refractivity contribution in [1.29, 1.82) is 0 Å². The summed E-state index contributed by atoms with van der Waals surface area (Å²) in [7, 11) is -1.86. The molecule has 1 aromatic carbocycles. The van der Waals surface area contributed by atoms with Crippen LogP contribution in [0.2, 0.25) is 18.1 Å². The molecule has 0 bridgehead atoms. The average Bonchev–Trinajstić information content (AvgIpc) is 2.35. The predicted molar refractivity (Wildman–Crippen MR) is 86.4 cm³/mol.